The first-order valence-electron chi connectivity index (χ1n) is 14.4. The van der Waals surface area contributed by atoms with Crippen molar-refractivity contribution in [1.82, 2.24) is 14.1 Å². The summed E-state index contributed by atoms with van der Waals surface area (Å²) in [6, 6.07) is 44.2. The van der Waals surface area contributed by atoms with Gasteiger partial charge in [-0.3, -0.25) is 4.98 Å². The summed E-state index contributed by atoms with van der Waals surface area (Å²) in [5.41, 5.74) is 10.8. The highest BCUT2D eigenvalue weighted by atomic mass is 14.9. The Morgan fingerprint density at radius 3 is 1.45 bits per heavy atom. The van der Waals surface area contributed by atoms with E-state index in [-0.39, 0.29) is 0 Å². The number of aromatic nitrogens is 3. The van der Waals surface area contributed by atoms with Crippen molar-refractivity contribution in [3.63, 3.8) is 0 Å². The van der Waals surface area contributed by atoms with Crippen LogP contribution in [0.25, 0.3) is 87.5 Å². The SMILES string of the molecule is Cn1c2ccccc2c2cc(-c3c4ccccc4c(-c4ccc5c(c4)c4ccccc4n5C)c4ncccc34)ccc21. The molecule has 0 unspecified atom stereocenters. The summed E-state index contributed by atoms with van der Waals surface area (Å²) in [4.78, 5) is 5.05. The molecule has 0 N–H and O–H groups in total. The summed E-state index contributed by atoms with van der Waals surface area (Å²) in [5, 5.41) is 8.73. The fourth-order valence-corrected chi connectivity index (χ4v) is 7.25. The third-order valence-electron chi connectivity index (χ3n) is 9.18. The van der Waals surface area contributed by atoms with Crippen LogP contribution in [0.2, 0.25) is 0 Å². The number of para-hydroxylation sites is 2. The van der Waals surface area contributed by atoms with Crippen molar-refractivity contribution in [3.8, 4) is 22.3 Å². The van der Waals surface area contributed by atoms with E-state index in [1.54, 1.807) is 0 Å². The van der Waals surface area contributed by atoms with Crippen LogP contribution in [-0.4, -0.2) is 14.1 Å². The topological polar surface area (TPSA) is 22.8 Å². The third kappa shape index (κ3) is 3.08. The first-order chi connectivity index (χ1) is 20.7. The van der Waals surface area contributed by atoms with Crippen molar-refractivity contribution >= 4 is 65.3 Å². The standard InChI is InChI=1S/C39H27N3/c1-41-33-15-7-5-10-26(33)31-22-24(17-19-35(31)41)37-28-12-3-4-13-29(28)38(39-30(37)14-9-21-40-39)25-18-20-36-32(23-25)27-11-6-8-16-34(27)42(36)2/h3-23H,1-2H3. The molecule has 0 aliphatic carbocycles. The maximum absolute atomic E-state index is 5.05. The quantitative estimate of drug-likeness (QED) is 0.201. The Labute approximate surface area is 242 Å². The van der Waals surface area contributed by atoms with Gasteiger partial charge in [0.2, 0.25) is 0 Å². The zero-order valence-electron chi connectivity index (χ0n) is 23.5. The van der Waals surface area contributed by atoms with Crippen LogP contribution in [0.5, 0.6) is 0 Å². The molecule has 3 heteroatoms. The summed E-state index contributed by atoms with van der Waals surface area (Å²) in [5.74, 6) is 0. The molecule has 3 heterocycles. The number of nitrogens with zero attached hydrogens (tertiary/aromatic N) is 3. The van der Waals surface area contributed by atoms with Crippen LogP contribution in [0.1, 0.15) is 0 Å². The zero-order valence-corrected chi connectivity index (χ0v) is 23.5. The molecule has 0 amide bonds. The second-order valence-corrected chi connectivity index (χ2v) is 11.3. The molecule has 6 aromatic carbocycles. The Kier molecular flexibility index (Phi) is 4.74. The Morgan fingerprint density at radius 1 is 0.405 bits per heavy atom. The minimum Gasteiger partial charge on any atom is -0.344 e. The van der Waals surface area contributed by atoms with Crippen LogP contribution >= 0.6 is 0 Å². The van der Waals surface area contributed by atoms with Gasteiger partial charge >= 0.3 is 0 Å². The van der Waals surface area contributed by atoms with Gasteiger partial charge < -0.3 is 9.13 Å². The molecule has 0 aliphatic heterocycles. The molecule has 3 aromatic heterocycles. The fraction of sp³-hybridized carbons (Fsp3) is 0.0513. The van der Waals surface area contributed by atoms with Gasteiger partial charge in [0, 0.05) is 74.9 Å². The minimum atomic E-state index is 1.03. The molecule has 9 aromatic rings. The number of benzene rings is 6. The number of hydrogen-bond donors (Lipinski definition) is 0. The Bertz CT molecular complexity index is 2310. The number of rotatable bonds is 2. The molecular formula is C39H27N3. The third-order valence-corrected chi connectivity index (χ3v) is 9.18. The monoisotopic (exact) mass is 537 g/mol. The largest absolute Gasteiger partial charge is 0.344 e. The maximum Gasteiger partial charge on any atom is 0.0792 e. The highest BCUT2D eigenvalue weighted by Gasteiger charge is 2.19. The van der Waals surface area contributed by atoms with Gasteiger partial charge in [-0.15, -0.1) is 0 Å². The van der Waals surface area contributed by atoms with Crippen molar-refractivity contribution in [2.45, 2.75) is 0 Å². The maximum atomic E-state index is 5.05. The van der Waals surface area contributed by atoms with Crippen LogP contribution in [0.15, 0.2) is 128 Å². The van der Waals surface area contributed by atoms with Gasteiger partial charge in [-0.1, -0.05) is 78.9 Å². The van der Waals surface area contributed by atoms with Gasteiger partial charge in [-0.25, -0.2) is 0 Å². The molecule has 0 spiro atoms. The van der Waals surface area contributed by atoms with Crippen LogP contribution < -0.4 is 0 Å². The molecule has 0 fully saturated rings. The number of aryl methyl sites for hydroxylation is 2. The lowest BCUT2D eigenvalue weighted by molar-refractivity contribution is 1.01. The van der Waals surface area contributed by atoms with Crippen molar-refractivity contribution in [2.24, 2.45) is 14.1 Å². The summed E-state index contributed by atoms with van der Waals surface area (Å²) < 4.78 is 4.58. The van der Waals surface area contributed by atoms with Gasteiger partial charge in [0.1, 0.15) is 0 Å². The first-order valence-corrected chi connectivity index (χ1v) is 14.4. The Balaban J connectivity index is 1.38. The minimum absolute atomic E-state index is 1.03. The molecule has 0 atom stereocenters. The van der Waals surface area contributed by atoms with E-state index >= 15 is 0 Å². The van der Waals surface area contributed by atoms with Gasteiger partial charge in [0.25, 0.3) is 0 Å². The van der Waals surface area contributed by atoms with E-state index in [9.17, 15) is 0 Å². The molecule has 0 radical (unpaired) electrons. The second-order valence-electron chi connectivity index (χ2n) is 11.3. The van der Waals surface area contributed by atoms with E-state index in [4.69, 9.17) is 4.98 Å². The van der Waals surface area contributed by atoms with E-state index < -0.39 is 0 Å². The molecule has 3 nitrogen and oxygen atoms in total. The molecule has 0 saturated carbocycles. The number of fused-ring (bicyclic) bond motifs is 8. The first kappa shape index (κ1) is 23.3. The van der Waals surface area contributed by atoms with Crippen LogP contribution in [-0.2, 0) is 14.1 Å². The smallest absolute Gasteiger partial charge is 0.0792 e. The van der Waals surface area contributed by atoms with Gasteiger partial charge in [0.15, 0.2) is 0 Å². The van der Waals surface area contributed by atoms with Crippen LogP contribution in [0.3, 0.4) is 0 Å². The van der Waals surface area contributed by atoms with Crippen LogP contribution in [0.4, 0.5) is 0 Å². The average molecular weight is 538 g/mol. The summed E-state index contributed by atoms with van der Waals surface area (Å²) >= 11 is 0. The molecule has 0 saturated heterocycles. The zero-order chi connectivity index (χ0) is 27.9. The average Bonchev–Trinajstić information content (AvgIpc) is 3.50. The highest BCUT2D eigenvalue weighted by Crippen LogP contribution is 2.45. The lowest BCUT2D eigenvalue weighted by Crippen LogP contribution is -1.93. The number of hydrogen-bond acceptors (Lipinski definition) is 1. The molecular weight excluding hydrogens is 510 g/mol. The van der Waals surface area contributed by atoms with Crippen molar-refractivity contribution < 1.29 is 0 Å². The molecule has 198 valence electrons. The van der Waals surface area contributed by atoms with Crippen molar-refractivity contribution in [3.05, 3.63) is 128 Å². The molecule has 9 rings (SSSR count). The Morgan fingerprint density at radius 2 is 0.857 bits per heavy atom. The normalized spacial score (nSPS) is 12.0. The lowest BCUT2D eigenvalue weighted by atomic mass is 9.87. The molecule has 42 heavy (non-hydrogen) atoms. The predicted octanol–water partition coefficient (Wildman–Crippen LogP) is 10.0. The summed E-state index contributed by atoms with van der Waals surface area (Å²) in [7, 11) is 4.30. The summed E-state index contributed by atoms with van der Waals surface area (Å²) in [6.45, 7) is 0. The van der Waals surface area contributed by atoms with E-state index in [1.165, 1.54) is 82.0 Å². The summed E-state index contributed by atoms with van der Waals surface area (Å²) in [6.07, 6.45) is 1.93. The van der Waals surface area contributed by atoms with E-state index in [1.807, 2.05) is 6.20 Å². The second kappa shape index (κ2) is 8.55. The molecule has 0 bridgehead atoms. The van der Waals surface area contributed by atoms with Gasteiger partial charge in [-0.2, -0.15) is 0 Å². The lowest BCUT2D eigenvalue weighted by Gasteiger charge is -2.17. The van der Waals surface area contributed by atoms with Crippen molar-refractivity contribution in [2.75, 3.05) is 0 Å². The van der Waals surface area contributed by atoms with Gasteiger partial charge in [-0.05, 0) is 69.9 Å². The van der Waals surface area contributed by atoms with E-state index in [0.717, 1.165) is 5.52 Å². The van der Waals surface area contributed by atoms with Crippen LogP contribution in [0, 0.1) is 0 Å². The predicted molar refractivity (Wildman–Crippen MR) is 178 cm³/mol. The highest BCUT2D eigenvalue weighted by molar-refractivity contribution is 6.22. The van der Waals surface area contributed by atoms with Gasteiger partial charge in [0.05, 0.1) is 5.52 Å². The van der Waals surface area contributed by atoms with Crippen molar-refractivity contribution in [1.29, 1.82) is 0 Å². The Hall–Kier alpha value is -5.41. The molecule has 0 aliphatic rings. The number of pyridine rings is 1. The fourth-order valence-electron chi connectivity index (χ4n) is 7.25. The van der Waals surface area contributed by atoms with E-state index in [0.29, 0.717) is 0 Å². The van der Waals surface area contributed by atoms with E-state index in [2.05, 4.69) is 145 Å².